The quantitative estimate of drug-likeness (QED) is 0.679. The number of carbonyl (C=O) groups excluding carboxylic acids is 1. The first kappa shape index (κ1) is 16.0. The van der Waals surface area contributed by atoms with Gasteiger partial charge in [0, 0.05) is 11.1 Å². The number of thiazole rings is 1. The van der Waals surface area contributed by atoms with Gasteiger partial charge in [0.1, 0.15) is 17.9 Å². The van der Waals surface area contributed by atoms with Crippen molar-refractivity contribution in [2.75, 3.05) is 5.32 Å². The molecular weight excluding hydrogens is 324 g/mol. The van der Waals surface area contributed by atoms with Crippen molar-refractivity contribution < 1.29 is 14.6 Å². The minimum Gasteiger partial charge on any atom is -0.507 e. The molecule has 0 aliphatic heterocycles. The van der Waals surface area contributed by atoms with E-state index in [1.165, 1.54) is 29.0 Å². The van der Waals surface area contributed by atoms with Gasteiger partial charge >= 0.3 is 5.97 Å². The molecule has 1 aromatic heterocycles. The van der Waals surface area contributed by atoms with Crippen LogP contribution in [0.25, 0.3) is 0 Å². The van der Waals surface area contributed by atoms with Crippen LogP contribution in [-0.2, 0) is 11.3 Å². The number of anilines is 2. The molecule has 0 radical (unpaired) electrons. The molecule has 0 fully saturated rings. The van der Waals surface area contributed by atoms with Crippen LogP contribution in [0.3, 0.4) is 0 Å². The number of nitrogens with zero attached hydrogens (tertiary/aromatic N) is 1. The number of hydrogen-bond acceptors (Lipinski definition) is 6. The van der Waals surface area contributed by atoms with Crippen molar-refractivity contribution in [2.24, 2.45) is 0 Å². The normalized spacial score (nSPS) is 10.4. The van der Waals surface area contributed by atoms with Crippen LogP contribution in [0.5, 0.6) is 5.75 Å². The van der Waals surface area contributed by atoms with Crippen molar-refractivity contribution in [3.05, 3.63) is 70.7 Å². The van der Waals surface area contributed by atoms with Crippen molar-refractivity contribution in [1.29, 1.82) is 0 Å². The predicted molar refractivity (Wildman–Crippen MR) is 93.8 cm³/mol. The van der Waals surface area contributed by atoms with Crippen molar-refractivity contribution in [3.8, 4) is 5.75 Å². The molecule has 2 N–H and O–H groups in total. The Balaban J connectivity index is 1.59. The van der Waals surface area contributed by atoms with Crippen molar-refractivity contribution >= 4 is 28.1 Å². The van der Waals surface area contributed by atoms with Crippen LogP contribution in [0.2, 0.25) is 0 Å². The van der Waals surface area contributed by atoms with Crippen LogP contribution in [0.15, 0.2) is 53.9 Å². The second kappa shape index (κ2) is 7.14. The van der Waals surface area contributed by atoms with E-state index in [0.29, 0.717) is 5.69 Å². The number of rotatable bonds is 5. The summed E-state index contributed by atoms with van der Waals surface area (Å²) in [6.45, 7) is 2.09. The van der Waals surface area contributed by atoms with Crippen LogP contribution in [0.4, 0.5) is 10.8 Å². The second-order valence-corrected chi connectivity index (χ2v) is 6.09. The molecule has 0 saturated heterocycles. The number of nitrogens with one attached hydrogen (secondary N) is 1. The molecule has 0 aliphatic carbocycles. The molecule has 6 heteroatoms. The molecule has 3 aromatic rings. The van der Waals surface area contributed by atoms with Crippen LogP contribution in [-0.4, -0.2) is 16.1 Å². The molecule has 0 bridgehead atoms. The molecule has 0 amide bonds. The van der Waals surface area contributed by atoms with Gasteiger partial charge in [0.2, 0.25) is 0 Å². The highest BCUT2D eigenvalue weighted by Gasteiger charge is 2.12. The highest BCUT2D eigenvalue weighted by Crippen LogP contribution is 2.22. The van der Waals surface area contributed by atoms with E-state index in [9.17, 15) is 9.90 Å². The lowest BCUT2D eigenvalue weighted by Crippen LogP contribution is -2.05. The lowest BCUT2D eigenvalue weighted by atomic mass is 10.2. The summed E-state index contributed by atoms with van der Waals surface area (Å²) in [4.78, 5) is 16.3. The molecule has 0 atom stereocenters. The highest BCUT2D eigenvalue weighted by atomic mass is 32.1. The average Bonchev–Trinajstić information content (AvgIpc) is 3.03. The third-order valence-electron chi connectivity index (χ3n) is 3.33. The predicted octanol–water partition coefficient (Wildman–Crippen LogP) is 4.26. The first-order chi connectivity index (χ1) is 11.6. The zero-order chi connectivity index (χ0) is 16.9. The van der Waals surface area contributed by atoms with E-state index < -0.39 is 5.97 Å². The maximum Gasteiger partial charge on any atom is 0.342 e. The van der Waals surface area contributed by atoms with Gasteiger partial charge in [0.25, 0.3) is 0 Å². The summed E-state index contributed by atoms with van der Waals surface area (Å²) < 4.78 is 5.19. The van der Waals surface area contributed by atoms with E-state index in [0.717, 1.165) is 10.8 Å². The van der Waals surface area contributed by atoms with Gasteiger partial charge in [-0.15, -0.1) is 11.3 Å². The number of aromatic hydroxyl groups is 1. The molecule has 0 saturated carbocycles. The number of carbonyl (C=O) groups is 1. The van der Waals surface area contributed by atoms with Gasteiger partial charge in [-0.1, -0.05) is 29.8 Å². The number of esters is 1. The van der Waals surface area contributed by atoms with Gasteiger partial charge in [-0.25, -0.2) is 9.78 Å². The Morgan fingerprint density at radius 2 is 1.96 bits per heavy atom. The van der Waals surface area contributed by atoms with Gasteiger partial charge < -0.3 is 15.2 Å². The molecule has 2 aromatic carbocycles. The van der Waals surface area contributed by atoms with E-state index in [2.05, 4.69) is 10.3 Å². The fraction of sp³-hybridized carbons (Fsp3) is 0.111. The summed E-state index contributed by atoms with van der Waals surface area (Å²) in [5, 5.41) is 15.4. The Labute approximate surface area is 143 Å². The van der Waals surface area contributed by atoms with Crippen molar-refractivity contribution in [2.45, 2.75) is 13.5 Å². The molecule has 0 unspecified atom stereocenters. The monoisotopic (exact) mass is 340 g/mol. The summed E-state index contributed by atoms with van der Waals surface area (Å²) in [5.74, 6) is -0.670. The molecule has 24 heavy (non-hydrogen) atoms. The maximum atomic E-state index is 11.9. The fourth-order valence-corrected chi connectivity index (χ4v) is 2.77. The fourth-order valence-electron chi connectivity index (χ4n) is 2.05. The SMILES string of the molecule is Cc1ccc(Nc2nc(COC(=O)c3ccccc3O)cs2)cc1. The molecule has 5 nitrogen and oxygen atoms in total. The van der Waals surface area contributed by atoms with Crippen molar-refractivity contribution in [3.63, 3.8) is 0 Å². The van der Waals surface area contributed by atoms with E-state index >= 15 is 0 Å². The van der Waals surface area contributed by atoms with Gasteiger partial charge in [0.05, 0.1) is 5.69 Å². The largest absolute Gasteiger partial charge is 0.507 e. The summed E-state index contributed by atoms with van der Waals surface area (Å²) in [6, 6.07) is 14.3. The number of phenols is 1. The zero-order valence-corrected chi connectivity index (χ0v) is 13.8. The lowest BCUT2D eigenvalue weighted by molar-refractivity contribution is 0.0465. The van der Waals surface area contributed by atoms with Crippen LogP contribution in [0, 0.1) is 6.92 Å². The van der Waals surface area contributed by atoms with Crippen LogP contribution < -0.4 is 5.32 Å². The van der Waals surface area contributed by atoms with E-state index in [1.54, 1.807) is 12.1 Å². The topological polar surface area (TPSA) is 71.5 Å². The first-order valence-corrected chi connectivity index (χ1v) is 8.23. The Hall–Kier alpha value is -2.86. The number of aromatic nitrogens is 1. The van der Waals surface area contributed by atoms with E-state index in [-0.39, 0.29) is 17.9 Å². The number of hydrogen-bond donors (Lipinski definition) is 2. The van der Waals surface area contributed by atoms with Gasteiger partial charge in [0.15, 0.2) is 5.13 Å². The van der Waals surface area contributed by atoms with E-state index in [4.69, 9.17) is 4.74 Å². The highest BCUT2D eigenvalue weighted by molar-refractivity contribution is 7.13. The summed E-state index contributed by atoms with van der Waals surface area (Å²) in [7, 11) is 0. The molecule has 0 aliphatic rings. The Morgan fingerprint density at radius 1 is 1.21 bits per heavy atom. The number of benzene rings is 2. The van der Waals surface area contributed by atoms with Gasteiger partial charge in [-0.05, 0) is 31.2 Å². The van der Waals surface area contributed by atoms with Gasteiger partial charge in [-0.3, -0.25) is 0 Å². The third kappa shape index (κ3) is 3.91. The van der Waals surface area contributed by atoms with Gasteiger partial charge in [-0.2, -0.15) is 0 Å². The van der Waals surface area contributed by atoms with Crippen LogP contribution in [0.1, 0.15) is 21.6 Å². The minimum atomic E-state index is -0.575. The summed E-state index contributed by atoms with van der Waals surface area (Å²) >= 11 is 1.44. The molecular formula is C18H16N2O3S. The Bertz CT molecular complexity index is 843. The third-order valence-corrected chi connectivity index (χ3v) is 4.14. The number of para-hydroxylation sites is 1. The number of phenolic OH excluding ortho intramolecular Hbond substituents is 1. The molecule has 122 valence electrons. The average molecular weight is 340 g/mol. The first-order valence-electron chi connectivity index (χ1n) is 7.35. The zero-order valence-electron chi connectivity index (χ0n) is 13.0. The molecule has 3 rings (SSSR count). The minimum absolute atomic E-state index is 0.0548. The summed E-state index contributed by atoms with van der Waals surface area (Å²) in [6.07, 6.45) is 0. The lowest BCUT2D eigenvalue weighted by Gasteiger charge is -2.04. The Morgan fingerprint density at radius 3 is 2.71 bits per heavy atom. The molecule has 1 heterocycles. The van der Waals surface area contributed by atoms with E-state index in [1.807, 2.05) is 36.6 Å². The smallest absolute Gasteiger partial charge is 0.342 e. The maximum absolute atomic E-state index is 11.9. The van der Waals surface area contributed by atoms with Crippen molar-refractivity contribution in [1.82, 2.24) is 4.98 Å². The molecule has 0 spiro atoms. The summed E-state index contributed by atoms with van der Waals surface area (Å²) in [5.41, 5.74) is 2.94. The second-order valence-electron chi connectivity index (χ2n) is 5.23. The Kier molecular flexibility index (Phi) is 4.77. The number of ether oxygens (including phenoxy) is 1. The standard InChI is InChI=1S/C18H16N2O3S/c1-12-6-8-13(9-7-12)19-18-20-14(11-24-18)10-23-17(22)15-4-2-3-5-16(15)21/h2-9,11,21H,10H2,1H3,(H,19,20). The number of aryl methyl sites for hydroxylation is 1. The van der Waals surface area contributed by atoms with Crippen LogP contribution >= 0.6 is 11.3 Å².